The van der Waals surface area contributed by atoms with Gasteiger partial charge in [-0.3, -0.25) is 9.69 Å². The molecule has 0 bridgehead atoms. The molecule has 2 N–H and O–H groups in total. The van der Waals surface area contributed by atoms with Gasteiger partial charge in [-0.05, 0) is 38.0 Å². The van der Waals surface area contributed by atoms with Gasteiger partial charge in [-0.2, -0.15) is 0 Å². The summed E-state index contributed by atoms with van der Waals surface area (Å²) in [4.78, 5) is 20.1. The highest BCUT2D eigenvalue weighted by Crippen LogP contribution is 2.36. The normalized spacial score (nSPS) is 31.4. The Morgan fingerprint density at radius 3 is 2.61 bits per heavy atom. The van der Waals surface area contributed by atoms with Crippen molar-refractivity contribution in [2.75, 3.05) is 18.5 Å². The van der Waals surface area contributed by atoms with Crippen LogP contribution < -0.4 is 4.90 Å². The van der Waals surface area contributed by atoms with Crippen LogP contribution in [-0.2, 0) is 7.05 Å². The predicted octanol–water partition coefficient (Wildman–Crippen LogP) is 0.919. The van der Waals surface area contributed by atoms with Gasteiger partial charge in [0.25, 0.3) is 5.91 Å². The Morgan fingerprint density at radius 2 is 2.00 bits per heavy atom. The van der Waals surface area contributed by atoms with Crippen LogP contribution in [0.4, 0.5) is 5.82 Å². The number of imidazole rings is 1. The smallest absolute Gasteiger partial charge is 0.277 e. The number of anilines is 1. The number of amides is 1. The van der Waals surface area contributed by atoms with Crippen molar-refractivity contribution in [1.29, 1.82) is 0 Å². The quantitative estimate of drug-likeness (QED) is 0.865. The molecule has 1 amide bonds. The first-order chi connectivity index (χ1) is 10.9. The van der Waals surface area contributed by atoms with E-state index in [-0.39, 0.29) is 5.91 Å². The van der Waals surface area contributed by atoms with Crippen LogP contribution in [0.3, 0.4) is 0 Å². The molecule has 128 valence electrons. The number of aliphatic hydroxyl groups excluding tert-OH is 1. The van der Waals surface area contributed by atoms with E-state index in [0.717, 1.165) is 32.1 Å². The molecule has 0 radical (unpaired) electrons. The second kappa shape index (κ2) is 5.79. The molecular weight excluding hydrogens is 296 g/mol. The zero-order valence-electron chi connectivity index (χ0n) is 14.1. The molecule has 1 atom stereocenters. The third-order valence-corrected chi connectivity index (χ3v) is 5.49. The molecule has 2 heterocycles. The minimum Gasteiger partial charge on any atom is -0.390 e. The highest BCUT2D eigenvalue weighted by atomic mass is 16.3. The second-order valence-electron chi connectivity index (χ2n) is 6.96. The number of hydrogen-bond acceptors (Lipinski definition) is 5. The standard InChI is InChI=1S/C16H26N4O3/c1-4-16(23)7-5-11(6-8-16)9-20-14(21)12-13(17-10-18(12)2)19(3)15(20)22/h10-11,15,22-23H,4-9H2,1-3H3. The van der Waals surface area contributed by atoms with Crippen LogP contribution in [0.1, 0.15) is 49.5 Å². The molecule has 0 saturated heterocycles. The third-order valence-electron chi connectivity index (χ3n) is 5.49. The summed E-state index contributed by atoms with van der Waals surface area (Å²) in [6.45, 7) is 2.52. The lowest BCUT2D eigenvalue weighted by molar-refractivity contribution is -0.0324. The molecule has 7 nitrogen and oxygen atoms in total. The first-order valence-corrected chi connectivity index (χ1v) is 8.32. The molecule has 1 aromatic rings. The molecule has 0 aromatic carbocycles. The molecule has 0 spiro atoms. The molecule has 1 fully saturated rings. The van der Waals surface area contributed by atoms with Gasteiger partial charge in [0.2, 0.25) is 6.35 Å². The van der Waals surface area contributed by atoms with Crippen molar-refractivity contribution in [3.05, 3.63) is 12.0 Å². The van der Waals surface area contributed by atoms with E-state index in [4.69, 9.17) is 0 Å². The summed E-state index contributed by atoms with van der Waals surface area (Å²) in [5.41, 5.74) is -0.0359. The number of fused-ring (bicyclic) bond motifs is 1. The number of carbonyl (C=O) groups is 1. The topological polar surface area (TPSA) is 81.8 Å². The summed E-state index contributed by atoms with van der Waals surface area (Å²) in [6, 6.07) is 0. The lowest BCUT2D eigenvalue weighted by Crippen LogP contribution is -2.56. The van der Waals surface area contributed by atoms with Crippen LogP contribution in [0.15, 0.2) is 6.33 Å². The zero-order chi connectivity index (χ0) is 16.8. The maximum absolute atomic E-state index is 12.7. The monoisotopic (exact) mass is 322 g/mol. The maximum Gasteiger partial charge on any atom is 0.277 e. The van der Waals surface area contributed by atoms with E-state index in [2.05, 4.69) is 4.98 Å². The number of aliphatic hydroxyl groups is 2. The number of aryl methyl sites for hydroxylation is 1. The first-order valence-electron chi connectivity index (χ1n) is 8.32. The van der Waals surface area contributed by atoms with Gasteiger partial charge in [0, 0.05) is 20.6 Å². The van der Waals surface area contributed by atoms with Gasteiger partial charge in [-0.25, -0.2) is 4.98 Å². The summed E-state index contributed by atoms with van der Waals surface area (Å²) in [7, 11) is 3.53. The van der Waals surface area contributed by atoms with E-state index < -0.39 is 12.0 Å². The molecule has 1 aliphatic carbocycles. The van der Waals surface area contributed by atoms with Crippen molar-refractivity contribution in [2.45, 2.75) is 51.0 Å². The molecule has 7 heteroatoms. The van der Waals surface area contributed by atoms with E-state index >= 15 is 0 Å². The second-order valence-corrected chi connectivity index (χ2v) is 6.96. The Hall–Kier alpha value is -1.60. The average molecular weight is 322 g/mol. The average Bonchev–Trinajstić information content (AvgIpc) is 2.93. The minimum atomic E-state index is -0.989. The highest BCUT2D eigenvalue weighted by Gasteiger charge is 2.40. The largest absolute Gasteiger partial charge is 0.390 e. The van der Waals surface area contributed by atoms with E-state index in [1.165, 1.54) is 4.90 Å². The first kappa shape index (κ1) is 16.3. The van der Waals surface area contributed by atoms with Crippen molar-refractivity contribution in [1.82, 2.24) is 14.5 Å². The van der Waals surface area contributed by atoms with E-state index in [1.807, 2.05) is 6.92 Å². The molecule has 2 aliphatic rings. The number of carbonyl (C=O) groups excluding carboxylic acids is 1. The van der Waals surface area contributed by atoms with Gasteiger partial charge in [-0.1, -0.05) is 6.92 Å². The van der Waals surface area contributed by atoms with E-state index in [1.54, 1.807) is 29.9 Å². The number of aromatic nitrogens is 2. The van der Waals surface area contributed by atoms with Crippen molar-refractivity contribution >= 4 is 11.7 Å². The lowest BCUT2D eigenvalue weighted by Gasteiger charge is -2.42. The Morgan fingerprint density at radius 1 is 1.35 bits per heavy atom. The van der Waals surface area contributed by atoms with Gasteiger partial charge in [0.05, 0.1) is 11.9 Å². The van der Waals surface area contributed by atoms with Gasteiger partial charge >= 0.3 is 0 Å². The van der Waals surface area contributed by atoms with Gasteiger partial charge in [0.1, 0.15) is 0 Å². The van der Waals surface area contributed by atoms with Crippen molar-refractivity contribution in [3.63, 3.8) is 0 Å². The molecule has 1 aliphatic heterocycles. The molecule has 1 unspecified atom stereocenters. The third kappa shape index (κ3) is 2.72. The van der Waals surface area contributed by atoms with Crippen LogP contribution in [-0.4, -0.2) is 56.1 Å². The SMILES string of the molecule is CCC1(O)CCC(CN2C(=O)c3c(ncn3C)N(C)C2O)CC1. The Balaban J connectivity index is 1.74. The van der Waals surface area contributed by atoms with Crippen molar-refractivity contribution < 1.29 is 15.0 Å². The molecule has 1 saturated carbocycles. The molecule has 3 rings (SSSR count). The van der Waals surface area contributed by atoms with Gasteiger partial charge < -0.3 is 19.7 Å². The molecule has 23 heavy (non-hydrogen) atoms. The van der Waals surface area contributed by atoms with Crippen molar-refractivity contribution in [2.24, 2.45) is 13.0 Å². The summed E-state index contributed by atoms with van der Waals surface area (Å²) < 4.78 is 1.70. The van der Waals surface area contributed by atoms with Crippen LogP contribution in [0.25, 0.3) is 0 Å². The minimum absolute atomic E-state index is 0.179. The Bertz CT molecular complexity index is 592. The Kier molecular flexibility index (Phi) is 4.10. The predicted molar refractivity (Wildman–Crippen MR) is 85.9 cm³/mol. The fourth-order valence-electron chi connectivity index (χ4n) is 3.69. The zero-order valence-corrected chi connectivity index (χ0v) is 14.1. The van der Waals surface area contributed by atoms with Crippen molar-refractivity contribution in [3.8, 4) is 0 Å². The van der Waals surface area contributed by atoms with Gasteiger partial charge in [-0.15, -0.1) is 0 Å². The summed E-state index contributed by atoms with van der Waals surface area (Å²) >= 11 is 0. The van der Waals surface area contributed by atoms with Crippen LogP contribution >= 0.6 is 0 Å². The van der Waals surface area contributed by atoms with Crippen LogP contribution in [0.2, 0.25) is 0 Å². The fraction of sp³-hybridized carbons (Fsp3) is 0.750. The molecular formula is C16H26N4O3. The fourth-order valence-corrected chi connectivity index (χ4v) is 3.69. The number of nitrogens with zero attached hydrogens (tertiary/aromatic N) is 4. The number of hydrogen-bond donors (Lipinski definition) is 2. The maximum atomic E-state index is 12.7. The number of rotatable bonds is 3. The highest BCUT2D eigenvalue weighted by molar-refractivity contribution is 5.99. The van der Waals surface area contributed by atoms with Gasteiger partial charge in [0.15, 0.2) is 11.5 Å². The summed E-state index contributed by atoms with van der Waals surface area (Å²) in [6.07, 6.45) is 4.66. The lowest BCUT2D eigenvalue weighted by atomic mass is 9.77. The summed E-state index contributed by atoms with van der Waals surface area (Å²) in [5, 5.41) is 20.8. The Labute approximate surface area is 136 Å². The van der Waals surface area contributed by atoms with Crippen LogP contribution in [0, 0.1) is 5.92 Å². The molecule has 1 aromatic heterocycles. The van der Waals surface area contributed by atoms with Crippen LogP contribution in [0.5, 0.6) is 0 Å². The summed E-state index contributed by atoms with van der Waals surface area (Å²) in [5.74, 6) is 0.649. The van der Waals surface area contributed by atoms with E-state index in [0.29, 0.717) is 24.0 Å². The van der Waals surface area contributed by atoms with E-state index in [9.17, 15) is 15.0 Å².